The van der Waals surface area contributed by atoms with Crippen LogP contribution < -0.4 is 10.1 Å². The van der Waals surface area contributed by atoms with Crippen LogP contribution >= 0.6 is 23.4 Å². The monoisotopic (exact) mass is 491 g/mol. The molecule has 0 atom stereocenters. The number of carbonyl (C=O) groups is 1. The van der Waals surface area contributed by atoms with Gasteiger partial charge in [0.1, 0.15) is 17.1 Å². The molecule has 0 saturated carbocycles. The summed E-state index contributed by atoms with van der Waals surface area (Å²) in [5.74, 6) is -1.32. The average molecular weight is 492 g/mol. The van der Waals surface area contributed by atoms with Crippen LogP contribution in [0.4, 0.5) is 32.0 Å². The maximum absolute atomic E-state index is 13.6. The highest BCUT2D eigenvalue weighted by molar-refractivity contribution is 8.00. The number of carbonyl (C=O) groups excluding carboxylic acids is 1. The van der Waals surface area contributed by atoms with Gasteiger partial charge in [-0.2, -0.15) is 26.3 Å². The van der Waals surface area contributed by atoms with Gasteiger partial charge in [0.05, 0.1) is 0 Å². The fourth-order valence-electron chi connectivity index (χ4n) is 2.59. The van der Waals surface area contributed by atoms with Crippen LogP contribution in [0.3, 0.4) is 0 Å². The van der Waals surface area contributed by atoms with Crippen molar-refractivity contribution >= 4 is 35.0 Å². The summed E-state index contributed by atoms with van der Waals surface area (Å²) >= 11 is 5.46. The number of nitrogens with one attached hydrogen (secondary N) is 1. The van der Waals surface area contributed by atoms with Gasteiger partial charge in [-0.15, -0.1) is 0 Å². The van der Waals surface area contributed by atoms with Gasteiger partial charge in [-0.25, -0.2) is 0 Å². The first kappa shape index (κ1) is 23.8. The Labute approximate surface area is 187 Å². The van der Waals surface area contributed by atoms with Gasteiger partial charge in [0.15, 0.2) is 0 Å². The summed E-state index contributed by atoms with van der Waals surface area (Å²) in [5, 5.41) is 2.64. The lowest BCUT2D eigenvalue weighted by Crippen LogP contribution is -2.13. The summed E-state index contributed by atoms with van der Waals surface area (Å²) < 4.78 is 83.1. The molecule has 0 spiro atoms. The molecular formula is C21H12ClF6NO2S. The second kappa shape index (κ2) is 9.33. The molecule has 0 aromatic heterocycles. The Balaban J connectivity index is 1.82. The highest BCUT2D eigenvalue weighted by Gasteiger charge is 2.35. The molecule has 3 nitrogen and oxygen atoms in total. The number of halogens is 7. The standard InChI is InChI=1S/C21H12ClF6NO2S/c22-13-3-1-2-12(10-13)19(30)29-14-4-9-18(17(11-14)20(23,24)25)31-15-5-7-16(8-6-15)32-21(26,27)28/h1-11H,(H,29,30). The summed E-state index contributed by atoms with van der Waals surface area (Å²) in [6.07, 6.45) is -4.82. The molecule has 0 aliphatic heterocycles. The first-order valence-corrected chi connectivity index (χ1v) is 9.92. The molecule has 0 heterocycles. The molecule has 168 valence electrons. The molecule has 0 bridgehead atoms. The number of benzene rings is 3. The maximum Gasteiger partial charge on any atom is 0.446 e. The summed E-state index contributed by atoms with van der Waals surface area (Å²) in [4.78, 5) is 12.1. The number of ether oxygens (including phenoxy) is 1. The van der Waals surface area contributed by atoms with Crippen molar-refractivity contribution in [3.8, 4) is 11.5 Å². The van der Waals surface area contributed by atoms with Crippen molar-refractivity contribution in [1.82, 2.24) is 0 Å². The van der Waals surface area contributed by atoms with Crippen molar-refractivity contribution < 1.29 is 35.9 Å². The van der Waals surface area contributed by atoms with E-state index in [9.17, 15) is 31.1 Å². The van der Waals surface area contributed by atoms with Crippen LogP contribution in [0.2, 0.25) is 5.02 Å². The molecule has 0 radical (unpaired) electrons. The molecule has 3 aromatic rings. The summed E-state index contributed by atoms with van der Waals surface area (Å²) in [5.41, 5.74) is -5.64. The number of rotatable bonds is 5. The van der Waals surface area contributed by atoms with Gasteiger partial charge in [-0.1, -0.05) is 17.7 Å². The third-order valence-corrected chi connectivity index (χ3v) is 4.89. The van der Waals surface area contributed by atoms with Crippen LogP contribution in [0.1, 0.15) is 15.9 Å². The van der Waals surface area contributed by atoms with E-state index in [0.29, 0.717) is 6.07 Å². The van der Waals surface area contributed by atoms with E-state index in [1.165, 1.54) is 24.3 Å². The van der Waals surface area contributed by atoms with Gasteiger partial charge in [-0.3, -0.25) is 4.79 Å². The lowest BCUT2D eigenvalue weighted by Gasteiger charge is -2.16. The third-order valence-electron chi connectivity index (χ3n) is 3.91. The number of anilines is 1. The number of thioether (sulfide) groups is 1. The van der Waals surface area contributed by atoms with Crippen LogP contribution in [-0.2, 0) is 6.18 Å². The summed E-state index contributed by atoms with van der Waals surface area (Å²) in [7, 11) is 0. The van der Waals surface area contributed by atoms with Gasteiger partial charge in [0.25, 0.3) is 5.91 Å². The van der Waals surface area contributed by atoms with Crippen molar-refractivity contribution in [2.24, 2.45) is 0 Å². The fraction of sp³-hybridized carbons (Fsp3) is 0.0952. The summed E-state index contributed by atoms with van der Waals surface area (Å²) in [6, 6.07) is 13.2. The molecule has 11 heteroatoms. The molecule has 0 saturated heterocycles. The molecule has 0 aliphatic rings. The first-order chi connectivity index (χ1) is 14.9. The topological polar surface area (TPSA) is 38.3 Å². The first-order valence-electron chi connectivity index (χ1n) is 8.72. The van der Waals surface area contributed by atoms with Crippen molar-refractivity contribution in [3.63, 3.8) is 0 Å². The number of amides is 1. The molecular weight excluding hydrogens is 480 g/mol. The number of hydrogen-bond acceptors (Lipinski definition) is 3. The average Bonchev–Trinajstić information content (AvgIpc) is 2.68. The predicted molar refractivity (Wildman–Crippen MR) is 109 cm³/mol. The Bertz CT molecular complexity index is 1120. The highest BCUT2D eigenvalue weighted by atomic mass is 35.5. The van der Waals surface area contributed by atoms with Gasteiger partial charge in [0.2, 0.25) is 0 Å². The van der Waals surface area contributed by atoms with Crippen LogP contribution in [0.15, 0.2) is 71.6 Å². The van der Waals surface area contributed by atoms with Crippen LogP contribution in [0, 0.1) is 0 Å². The van der Waals surface area contributed by atoms with Crippen molar-refractivity contribution in [3.05, 3.63) is 82.9 Å². The van der Waals surface area contributed by atoms with Gasteiger partial charge >= 0.3 is 11.7 Å². The molecule has 32 heavy (non-hydrogen) atoms. The second-order valence-corrected chi connectivity index (χ2v) is 7.87. The lowest BCUT2D eigenvalue weighted by atomic mass is 10.1. The van der Waals surface area contributed by atoms with Gasteiger partial charge in [0, 0.05) is 21.2 Å². The highest BCUT2D eigenvalue weighted by Crippen LogP contribution is 2.41. The molecule has 0 fully saturated rings. The molecule has 3 aromatic carbocycles. The Morgan fingerprint density at radius 1 is 0.906 bits per heavy atom. The maximum atomic E-state index is 13.6. The Kier molecular flexibility index (Phi) is 6.94. The Morgan fingerprint density at radius 3 is 2.19 bits per heavy atom. The van der Waals surface area contributed by atoms with E-state index in [1.807, 2.05) is 0 Å². The lowest BCUT2D eigenvalue weighted by molar-refractivity contribution is -0.138. The van der Waals surface area contributed by atoms with E-state index in [4.69, 9.17) is 16.3 Å². The SMILES string of the molecule is O=C(Nc1ccc(Oc2ccc(SC(F)(F)F)cc2)c(C(F)(F)F)c1)c1cccc(Cl)c1. The van der Waals surface area contributed by atoms with Crippen molar-refractivity contribution in [1.29, 1.82) is 0 Å². The Hall–Kier alpha value is -2.85. The third kappa shape index (κ3) is 6.57. The molecule has 0 aliphatic carbocycles. The minimum atomic E-state index is -4.82. The zero-order valence-corrected chi connectivity index (χ0v) is 17.3. The predicted octanol–water partition coefficient (Wildman–Crippen LogP) is 8.02. The van der Waals surface area contributed by atoms with Gasteiger partial charge in [-0.05, 0) is 72.4 Å². The fourth-order valence-corrected chi connectivity index (χ4v) is 3.32. The van der Waals surface area contributed by atoms with Crippen molar-refractivity contribution in [2.75, 3.05) is 5.32 Å². The van der Waals surface area contributed by atoms with Crippen LogP contribution in [-0.4, -0.2) is 11.4 Å². The molecule has 1 N–H and O–H groups in total. The van der Waals surface area contributed by atoms with E-state index in [1.54, 1.807) is 6.07 Å². The van der Waals surface area contributed by atoms with E-state index < -0.39 is 28.9 Å². The smallest absolute Gasteiger partial charge is 0.446 e. The molecule has 3 rings (SSSR count). The Morgan fingerprint density at radius 2 is 1.59 bits per heavy atom. The minimum Gasteiger partial charge on any atom is -0.457 e. The second-order valence-electron chi connectivity index (χ2n) is 6.29. The molecule has 0 unspecified atom stereocenters. The zero-order chi connectivity index (χ0) is 23.5. The van der Waals surface area contributed by atoms with Crippen LogP contribution in [0.25, 0.3) is 0 Å². The van der Waals surface area contributed by atoms with Gasteiger partial charge < -0.3 is 10.1 Å². The molecule has 1 amide bonds. The quantitative estimate of drug-likeness (QED) is 0.290. The largest absolute Gasteiger partial charge is 0.457 e. The number of alkyl halides is 6. The van der Waals surface area contributed by atoms with Crippen molar-refractivity contribution in [2.45, 2.75) is 16.6 Å². The van der Waals surface area contributed by atoms with E-state index in [0.717, 1.165) is 30.3 Å². The number of hydrogen-bond donors (Lipinski definition) is 1. The summed E-state index contributed by atoms with van der Waals surface area (Å²) in [6.45, 7) is 0. The van der Waals surface area contributed by atoms with E-state index >= 15 is 0 Å². The normalized spacial score (nSPS) is 11.8. The van der Waals surface area contributed by atoms with E-state index in [-0.39, 0.29) is 38.7 Å². The van der Waals surface area contributed by atoms with Crippen LogP contribution in [0.5, 0.6) is 11.5 Å². The van der Waals surface area contributed by atoms with E-state index in [2.05, 4.69) is 5.32 Å². The zero-order valence-electron chi connectivity index (χ0n) is 15.7. The minimum absolute atomic E-state index is 0.0854.